The number of imide groups is 1. The normalized spacial score (nSPS) is 16.3. The van der Waals surface area contributed by atoms with Crippen molar-refractivity contribution in [3.63, 3.8) is 0 Å². The number of nitrogens with zero attached hydrogens (tertiary/aromatic N) is 2. The van der Waals surface area contributed by atoms with Crippen LogP contribution in [0, 0.1) is 6.92 Å². The lowest BCUT2D eigenvalue weighted by Crippen LogP contribution is -2.27. The van der Waals surface area contributed by atoms with Gasteiger partial charge in [-0.3, -0.25) is 19.5 Å². The maximum absolute atomic E-state index is 12.5. The Labute approximate surface area is 153 Å². The van der Waals surface area contributed by atoms with E-state index in [4.69, 9.17) is 23.2 Å². The summed E-state index contributed by atoms with van der Waals surface area (Å²) in [6.07, 6.45) is 1.62. The van der Waals surface area contributed by atoms with Gasteiger partial charge in [-0.15, -0.1) is 0 Å². The Hall–Kier alpha value is -1.82. The van der Waals surface area contributed by atoms with Crippen LogP contribution in [0.15, 0.2) is 41.3 Å². The van der Waals surface area contributed by atoms with Crippen LogP contribution in [0.4, 0.5) is 4.79 Å². The largest absolute Gasteiger partial charge is 0.293 e. The van der Waals surface area contributed by atoms with Crippen molar-refractivity contribution in [3.8, 4) is 0 Å². The molecule has 0 spiro atoms. The second-order valence-corrected chi connectivity index (χ2v) is 6.98. The minimum absolute atomic E-state index is 0.0434. The smallest absolute Gasteiger partial charge is 0.268 e. The van der Waals surface area contributed by atoms with Gasteiger partial charge in [0.05, 0.1) is 17.1 Å². The summed E-state index contributed by atoms with van der Waals surface area (Å²) < 4.78 is 0. The Balaban J connectivity index is 1.87. The van der Waals surface area contributed by atoms with Crippen LogP contribution in [0.5, 0.6) is 0 Å². The van der Waals surface area contributed by atoms with Crippen molar-refractivity contribution in [2.75, 3.05) is 0 Å². The number of carbonyl (C=O) groups is 2. The van der Waals surface area contributed by atoms with Crippen molar-refractivity contribution in [1.29, 1.82) is 0 Å². The number of carbonyl (C=O) groups excluding carboxylic acids is 2. The number of hydrogen-bond donors (Lipinski definition) is 0. The predicted molar refractivity (Wildman–Crippen MR) is 97.0 cm³/mol. The van der Waals surface area contributed by atoms with Gasteiger partial charge in [-0.25, -0.2) is 0 Å². The van der Waals surface area contributed by atoms with Crippen molar-refractivity contribution < 1.29 is 9.59 Å². The molecule has 3 rings (SSSR count). The molecule has 1 aliphatic heterocycles. The maximum atomic E-state index is 12.5. The highest BCUT2D eigenvalue weighted by Crippen LogP contribution is 2.35. The summed E-state index contributed by atoms with van der Waals surface area (Å²) in [5.41, 5.74) is 2.03. The molecule has 0 atom stereocenters. The average Bonchev–Trinajstić information content (AvgIpc) is 2.78. The van der Waals surface area contributed by atoms with Crippen molar-refractivity contribution in [2.24, 2.45) is 0 Å². The zero-order chi connectivity index (χ0) is 17.3. The lowest BCUT2D eigenvalue weighted by Gasteiger charge is -2.14. The van der Waals surface area contributed by atoms with Crippen LogP contribution in [0.3, 0.4) is 0 Å². The topological polar surface area (TPSA) is 50.3 Å². The van der Waals surface area contributed by atoms with Crippen molar-refractivity contribution in [1.82, 2.24) is 9.88 Å². The molecular weight excluding hydrogens is 367 g/mol. The van der Waals surface area contributed by atoms with Gasteiger partial charge in [0.15, 0.2) is 0 Å². The molecule has 1 fully saturated rings. The van der Waals surface area contributed by atoms with E-state index in [0.29, 0.717) is 26.2 Å². The molecule has 7 heteroatoms. The minimum Gasteiger partial charge on any atom is -0.268 e. The second-order valence-electron chi connectivity index (χ2n) is 5.17. The summed E-state index contributed by atoms with van der Waals surface area (Å²) >= 11 is 13.1. The standard InChI is InChI=1S/C17H12Cl2N2O2S/c1-10-4-2-5-11(20-10)8-15-16(22)21(17(23)24-15)9-12-13(18)6-3-7-14(12)19/h2-8H,9H2,1H3/b15-8+. The fraction of sp³-hybridized carbons (Fsp3) is 0.118. The number of rotatable bonds is 3. The van der Waals surface area contributed by atoms with E-state index in [2.05, 4.69) is 4.98 Å². The molecule has 1 aromatic heterocycles. The van der Waals surface area contributed by atoms with Gasteiger partial charge in [0, 0.05) is 21.3 Å². The molecule has 4 nitrogen and oxygen atoms in total. The van der Waals surface area contributed by atoms with E-state index in [1.807, 2.05) is 19.1 Å². The van der Waals surface area contributed by atoms with Gasteiger partial charge in [-0.2, -0.15) is 0 Å². The fourth-order valence-electron chi connectivity index (χ4n) is 2.26. The molecule has 1 aromatic carbocycles. The molecule has 2 amide bonds. The molecular formula is C17H12Cl2N2O2S. The third-order valence-electron chi connectivity index (χ3n) is 3.44. The fourth-order valence-corrected chi connectivity index (χ4v) is 3.60. The Morgan fingerprint density at radius 2 is 1.79 bits per heavy atom. The Bertz CT molecular complexity index is 847. The van der Waals surface area contributed by atoms with E-state index in [0.717, 1.165) is 22.4 Å². The first-order valence-electron chi connectivity index (χ1n) is 7.07. The van der Waals surface area contributed by atoms with Crippen molar-refractivity contribution in [2.45, 2.75) is 13.5 Å². The molecule has 0 saturated carbocycles. The number of halogens is 2. The van der Waals surface area contributed by atoms with Gasteiger partial charge in [-0.1, -0.05) is 35.3 Å². The monoisotopic (exact) mass is 378 g/mol. The number of amides is 2. The van der Waals surface area contributed by atoms with E-state index in [9.17, 15) is 9.59 Å². The Morgan fingerprint density at radius 1 is 1.12 bits per heavy atom. The highest BCUT2D eigenvalue weighted by molar-refractivity contribution is 8.18. The molecule has 24 heavy (non-hydrogen) atoms. The quantitative estimate of drug-likeness (QED) is 0.710. The van der Waals surface area contributed by atoms with Crippen LogP contribution in [0.1, 0.15) is 17.0 Å². The SMILES string of the molecule is Cc1cccc(/C=C2/SC(=O)N(Cc3c(Cl)cccc3Cl)C2=O)n1. The van der Waals surface area contributed by atoms with Gasteiger partial charge in [0.1, 0.15) is 0 Å². The van der Waals surface area contributed by atoms with Crippen molar-refractivity contribution >= 4 is 52.2 Å². The predicted octanol–water partition coefficient (Wildman–Crippen LogP) is 4.93. The van der Waals surface area contributed by atoms with Crippen LogP contribution in [0.2, 0.25) is 10.0 Å². The number of pyridine rings is 1. The zero-order valence-electron chi connectivity index (χ0n) is 12.6. The molecule has 1 aliphatic rings. The van der Waals surface area contributed by atoms with Crippen molar-refractivity contribution in [3.05, 3.63) is 68.3 Å². The van der Waals surface area contributed by atoms with Gasteiger partial charge in [-0.05, 0) is 49.0 Å². The van der Waals surface area contributed by atoms with Crippen LogP contribution in [-0.2, 0) is 11.3 Å². The number of thioether (sulfide) groups is 1. The molecule has 0 unspecified atom stereocenters. The summed E-state index contributed by atoms with van der Waals surface area (Å²) in [4.78, 5) is 30.5. The molecule has 0 aliphatic carbocycles. The summed E-state index contributed by atoms with van der Waals surface area (Å²) in [6.45, 7) is 1.91. The lowest BCUT2D eigenvalue weighted by molar-refractivity contribution is -0.123. The summed E-state index contributed by atoms with van der Waals surface area (Å²) in [5.74, 6) is -0.371. The van der Waals surface area contributed by atoms with E-state index < -0.39 is 0 Å². The van der Waals surface area contributed by atoms with Gasteiger partial charge < -0.3 is 0 Å². The molecule has 1 saturated heterocycles. The van der Waals surface area contributed by atoms with Crippen LogP contribution < -0.4 is 0 Å². The van der Waals surface area contributed by atoms with E-state index in [1.165, 1.54) is 0 Å². The highest BCUT2D eigenvalue weighted by atomic mass is 35.5. The number of benzene rings is 1. The summed E-state index contributed by atoms with van der Waals surface area (Å²) in [7, 11) is 0. The Kier molecular flexibility index (Phi) is 4.94. The first-order chi connectivity index (χ1) is 11.5. The van der Waals surface area contributed by atoms with E-state index in [1.54, 1.807) is 30.3 Å². The molecule has 122 valence electrons. The third-order valence-corrected chi connectivity index (χ3v) is 5.06. The third kappa shape index (κ3) is 3.48. The highest BCUT2D eigenvalue weighted by Gasteiger charge is 2.35. The first-order valence-corrected chi connectivity index (χ1v) is 8.65. The van der Waals surface area contributed by atoms with E-state index >= 15 is 0 Å². The summed E-state index contributed by atoms with van der Waals surface area (Å²) in [5, 5.41) is 0.492. The van der Waals surface area contributed by atoms with Crippen LogP contribution in [0.25, 0.3) is 6.08 Å². The second kappa shape index (κ2) is 6.97. The molecule has 2 aromatic rings. The maximum Gasteiger partial charge on any atom is 0.293 e. The molecule has 0 radical (unpaired) electrons. The van der Waals surface area contributed by atoms with Gasteiger partial charge >= 0.3 is 0 Å². The average molecular weight is 379 g/mol. The number of aromatic nitrogens is 1. The van der Waals surface area contributed by atoms with Crippen LogP contribution >= 0.6 is 35.0 Å². The minimum atomic E-state index is -0.371. The van der Waals surface area contributed by atoms with E-state index in [-0.39, 0.29) is 17.7 Å². The zero-order valence-corrected chi connectivity index (χ0v) is 15.0. The lowest BCUT2D eigenvalue weighted by atomic mass is 10.2. The molecule has 0 bridgehead atoms. The Morgan fingerprint density at radius 3 is 2.46 bits per heavy atom. The summed E-state index contributed by atoms with van der Waals surface area (Å²) in [6, 6.07) is 10.6. The molecule has 0 N–H and O–H groups in total. The van der Waals surface area contributed by atoms with Gasteiger partial charge in [0.25, 0.3) is 11.1 Å². The molecule has 2 heterocycles. The number of aryl methyl sites for hydroxylation is 1. The first kappa shape index (κ1) is 17.0. The number of hydrogen-bond acceptors (Lipinski definition) is 4. The van der Waals surface area contributed by atoms with Crippen LogP contribution in [-0.4, -0.2) is 21.0 Å². The van der Waals surface area contributed by atoms with Gasteiger partial charge in [0.2, 0.25) is 0 Å².